The van der Waals surface area contributed by atoms with Crippen LogP contribution in [0.1, 0.15) is 11.9 Å². The molecular weight excluding hydrogens is 418 g/mol. The zero-order valence-corrected chi connectivity index (χ0v) is 17.8. The number of ether oxygens (including phenoxy) is 1. The van der Waals surface area contributed by atoms with Crippen LogP contribution in [-0.2, 0) is 0 Å². The van der Waals surface area contributed by atoms with Crippen LogP contribution >= 0.6 is 23.1 Å². The Morgan fingerprint density at radius 1 is 1.27 bits per heavy atom. The molecule has 0 aliphatic heterocycles. The van der Waals surface area contributed by atoms with Gasteiger partial charge in [-0.25, -0.2) is 4.98 Å². The van der Waals surface area contributed by atoms with Crippen LogP contribution in [-0.4, -0.2) is 37.2 Å². The van der Waals surface area contributed by atoms with E-state index < -0.39 is 5.25 Å². The lowest BCUT2D eigenvalue weighted by Crippen LogP contribution is -2.06. The smallest absolute Gasteiger partial charge is 0.196 e. The van der Waals surface area contributed by atoms with Crippen molar-refractivity contribution in [2.45, 2.75) is 17.3 Å². The van der Waals surface area contributed by atoms with Crippen LogP contribution in [0.4, 0.5) is 0 Å². The molecule has 0 aliphatic carbocycles. The second kappa shape index (κ2) is 8.57. The zero-order chi connectivity index (χ0) is 21.1. The first kappa shape index (κ1) is 19.9. The number of thiazole rings is 1. The average molecular weight is 436 g/mol. The first-order chi connectivity index (χ1) is 14.6. The molecule has 9 heteroatoms. The van der Waals surface area contributed by atoms with Gasteiger partial charge >= 0.3 is 0 Å². The quantitative estimate of drug-likeness (QED) is 0.262. The Kier molecular flexibility index (Phi) is 5.70. The summed E-state index contributed by atoms with van der Waals surface area (Å²) in [5.41, 5.74) is 1.81. The first-order valence-electron chi connectivity index (χ1n) is 9.01. The first-order valence-corrected chi connectivity index (χ1v) is 10.7. The Bertz CT molecular complexity index is 1240. The molecule has 4 rings (SSSR count). The van der Waals surface area contributed by atoms with E-state index in [1.165, 1.54) is 23.1 Å². The van der Waals surface area contributed by atoms with Gasteiger partial charge in [-0.15, -0.1) is 21.5 Å². The third kappa shape index (κ3) is 3.87. The fraction of sp³-hybridized carbons (Fsp3) is 0.143. The van der Waals surface area contributed by atoms with Crippen molar-refractivity contribution in [1.29, 1.82) is 5.26 Å². The van der Waals surface area contributed by atoms with Crippen molar-refractivity contribution in [2.24, 2.45) is 0 Å². The highest BCUT2D eigenvalue weighted by Crippen LogP contribution is 2.33. The number of hydrogen-bond donors (Lipinski definition) is 1. The Labute approximate surface area is 181 Å². The summed E-state index contributed by atoms with van der Waals surface area (Å²) in [4.78, 5) is 4.49. The largest absolute Gasteiger partial charge is 0.510 e. The Hall–Kier alpha value is -3.35. The number of rotatable bonds is 6. The highest BCUT2D eigenvalue weighted by atomic mass is 32.2. The third-order valence-corrected chi connectivity index (χ3v) is 6.51. The summed E-state index contributed by atoms with van der Waals surface area (Å²) in [7, 11) is 1.61. The summed E-state index contributed by atoms with van der Waals surface area (Å²) in [5.74, 6) is 0.678. The Balaban J connectivity index is 1.64. The number of allylic oxidation sites excluding steroid dienone is 1. The van der Waals surface area contributed by atoms with Gasteiger partial charge in [0.05, 0.1) is 28.3 Å². The maximum Gasteiger partial charge on any atom is 0.196 e. The fourth-order valence-electron chi connectivity index (χ4n) is 2.85. The number of nitriles is 1. The summed E-state index contributed by atoms with van der Waals surface area (Å²) in [6, 6.07) is 17.3. The van der Waals surface area contributed by atoms with Gasteiger partial charge in [-0.05, 0) is 31.2 Å². The topological polar surface area (TPSA) is 96.9 Å². The van der Waals surface area contributed by atoms with Crippen molar-refractivity contribution in [2.75, 3.05) is 7.11 Å². The molecule has 0 saturated heterocycles. The molecular formula is C21H17N5O2S2. The maximum absolute atomic E-state index is 10.8. The number of aliphatic hydroxyl groups is 1. The SMILES string of the molecule is COc1cccc(-n2cnnc2SC(C)/C(O)=C(\C#N)c2nc3ccccc3s2)c1. The lowest BCUT2D eigenvalue weighted by atomic mass is 10.2. The molecule has 2 aromatic carbocycles. The van der Waals surface area contributed by atoms with E-state index in [1.54, 1.807) is 18.0 Å². The highest BCUT2D eigenvalue weighted by Gasteiger charge is 2.21. The zero-order valence-electron chi connectivity index (χ0n) is 16.2. The molecule has 1 atom stereocenters. The molecule has 0 saturated carbocycles. The number of para-hydroxylation sites is 1. The van der Waals surface area contributed by atoms with Crippen LogP contribution in [0.2, 0.25) is 0 Å². The average Bonchev–Trinajstić information content (AvgIpc) is 3.41. The van der Waals surface area contributed by atoms with Crippen LogP contribution in [0.5, 0.6) is 5.75 Å². The predicted octanol–water partition coefficient (Wildman–Crippen LogP) is 4.86. The van der Waals surface area contributed by atoms with Crippen LogP contribution in [0.3, 0.4) is 0 Å². The lowest BCUT2D eigenvalue weighted by molar-refractivity contribution is 0.402. The van der Waals surface area contributed by atoms with E-state index in [-0.39, 0.29) is 11.3 Å². The van der Waals surface area contributed by atoms with Crippen molar-refractivity contribution in [3.63, 3.8) is 0 Å². The van der Waals surface area contributed by atoms with E-state index in [1.807, 2.05) is 55.5 Å². The van der Waals surface area contributed by atoms with Crippen molar-refractivity contribution in [3.8, 4) is 17.5 Å². The number of aromatic nitrogens is 4. The van der Waals surface area contributed by atoms with Crippen molar-refractivity contribution in [1.82, 2.24) is 19.7 Å². The minimum atomic E-state index is -0.430. The summed E-state index contributed by atoms with van der Waals surface area (Å²) in [6.45, 7) is 1.81. The number of aliphatic hydroxyl groups excluding tert-OH is 1. The molecule has 7 nitrogen and oxygen atoms in total. The normalized spacial score (nSPS) is 13.0. The molecule has 0 amide bonds. The minimum Gasteiger partial charge on any atom is -0.510 e. The Morgan fingerprint density at radius 2 is 2.10 bits per heavy atom. The summed E-state index contributed by atoms with van der Waals surface area (Å²) >= 11 is 2.68. The van der Waals surface area contributed by atoms with Crippen molar-refractivity contribution < 1.29 is 9.84 Å². The van der Waals surface area contributed by atoms with Gasteiger partial charge < -0.3 is 9.84 Å². The molecule has 0 bridgehead atoms. The van der Waals surface area contributed by atoms with E-state index in [0.717, 1.165) is 21.7 Å². The highest BCUT2D eigenvalue weighted by molar-refractivity contribution is 7.99. The van der Waals surface area contributed by atoms with E-state index in [4.69, 9.17) is 4.74 Å². The summed E-state index contributed by atoms with van der Waals surface area (Å²) in [5, 5.41) is 29.3. The molecule has 1 unspecified atom stereocenters. The standard InChI is InChI=1S/C21H17N5O2S2/c1-13(19(27)16(11-22)20-24-17-8-3-4-9-18(17)30-20)29-21-25-23-12-26(21)14-6-5-7-15(10-14)28-2/h3-10,12-13,27H,1-2H3/b19-16-. The molecule has 30 heavy (non-hydrogen) atoms. The van der Waals surface area contributed by atoms with Crippen molar-refractivity contribution >= 4 is 38.9 Å². The van der Waals surface area contributed by atoms with Crippen LogP contribution in [0.25, 0.3) is 21.5 Å². The van der Waals surface area contributed by atoms with Gasteiger partial charge in [0.1, 0.15) is 34.5 Å². The number of benzene rings is 2. The second-order valence-corrected chi connectivity index (χ2v) is 8.64. The van der Waals surface area contributed by atoms with E-state index in [9.17, 15) is 10.4 Å². The second-order valence-electron chi connectivity index (χ2n) is 6.30. The van der Waals surface area contributed by atoms with Gasteiger partial charge in [-0.2, -0.15) is 5.26 Å². The Morgan fingerprint density at radius 3 is 2.87 bits per heavy atom. The third-order valence-electron chi connectivity index (χ3n) is 4.39. The van der Waals surface area contributed by atoms with Gasteiger partial charge in [0.25, 0.3) is 0 Å². The molecule has 2 aromatic heterocycles. The van der Waals surface area contributed by atoms with Gasteiger partial charge in [0.15, 0.2) is 5.16 Å². The predicted molar refractivity (Wildman–Crippen MR) is 118 cm³/mol. The van der Waals surface area contributed by atoms with Crippen LogP contribution < -0.4 is 4.74 Å². The lowest BCUT2D eigenvalue weighted by Gasteiger charge is -2.13. The number of hydrogen-bond acceptors (Lipinski definition) is 8. The van der Waals surface area contributed by atoms with Gasteiger partial charge in [-0.3, -0.25) is 4.57 Å². The number of nitrogens with zero attached hydrogens (tertiary/aromatic N) is 5. The number of methoxy groups -OCH3 is 1. The molecule has 1 N–H and O–H groups in total. The monoisotopic (exact) mass is 435 g/mol. The molecule has 0 radical (unpaired) electrons. The van der Waals surface area contributed by atoms with E-state index >= 15 is 0 Å². The molecule has 0 spiro atoms. The fourth-order valence-corrected chi connectivity index (χ4v) is 4.73. The van der Waals surface area contributed by atoms with E-state index in [0.29, 0.717) is 10.2 Å². The molecule has 2 heterocycles. The number of fused-ring (bicyclic) bond motifs is 1. The van der Waals surface area contributed by atoms with Crippen LogP contribution in [0, 0.1) is 11.3 Å². The van der Waals surface area contributed by atoms with E-state index in [2.05, 4.69) is 21.3 Å². The molecule has 150 valence electrons. The van der Waals surface area contributed by atoms with Gasteiger partial charge in [-0.1, -0.05) is 30.0 Å². The van der Waals surface area contributed by atoms with Gasteiger partial charge in [0, 0.05) is 6.07 Å². The van der Waals surface area contributed by atoms with Crippen LogP contribution in [0.15, 0.2) is 65.8 Å². The van der Waals surface area contributed by atoms with Gasteiger partial charge in [0.2, 0.25) is 0 Å². The summed E-state index contributed by atoms with van der Waals surface area (Å²) < 4.78 is 8.05. The maximum atomic E-state index is 10.8. The number of thioether (sulfide) groups is 1. The summed E-state index contributed by atoms with van der Waals surface area (Å²) in [6.07, 6.45) is 1.60. The molecule has 4 aromatic rings. The minimum absolute atomic E-state index is 0.0400. The molecule has 0 fully saturated rings. The van der Waals surface area contributed by atoms with Crippen molar-refractivity contribution in [3.05, 3.63) is 65.6 Å². The molecule has 0 aliphatic rings.